The average molecular weight is 313 g/mol. The summed E-state index contributed by atoms with van der Waals surface area (Å²) < 4.78 is 5.96. The standard InChI is InChI=1S/C20H27NO2/c1-21-11-7-15(8-12-21)19-18-6-5-17(13-16(18)14-23-19)20(22)9-3-2-4-10-20/h5-6,13-15,22H,2-4,7-12H2,1H3. The number of furan rings is 1. The van der Waals surface area contributed by atoms with Crippen molar-refractivity contribution in [3.8, 4) is 0 Å². The molecule has 1 aromatic heterocycles. The summed E-state index contributed by atoms with van der Waals surface area (Å²) in [4.78, 5) is 2.39. The summed E-state index contributed by atoms with van der Waals surface area (Å²) in [5, 5.41) is 13.3. The first-order valence-corrected chi connectivity index (χ1v) is 9.08. The van der Waals surface area contributed by atoms with Crippen LogP contribution in [0.15, 0.2) is 28.9 Å². The molecule has 0 atom stereocenters. The van der Waals surface area contributed by atoms with Crippen LogP contribution in [-0.2, 0) is 5.60 Å². The van der Waals surface area contributed by atoms with Crippen molar-refractivity contribution in [3.63, 3.8) is 0 Å². The molecule has 1 aliphatic carbocycles. The van der Waals surface area contributed by atoms with Gasteiger partial charge in [-0.3, -0.25) is 0 Å². The quantitative estimate of drug-likeness (QED) is 0.893. The lowest BCUT2D eigenvalue weighted by Crippen LogP contribution is -2.29. The molecule has 3 nitrogen and oxygen atoms in total. The smallest absolute Gasteiger partial charge is 0.114 e. The molecule has 2 aromatic rings. The van der Waals surface area contributed by atoms with Gasteiger partial charge in [-0.25, -0.2) is 0 Å². The van der Waals surface area contributed by atoms with Gasteiger partial charge in [0.05, 0.1) is 11.9 Å². The molecule has 1 aliphatic heterocycles. The van der Waals surface area contributed by atoms with Crippen molar-refractivity contribution >= 4 is 10.8 Å². The van der Waals surface area contributed by atoms with E-state index in [0.717, 1.165) is 55.5 Å². The van der Waals surface area contributed by atoms with E-state index in [0.29, 0.717) is 5.92 Å². The number of fused-ring (bicyclic) bond motifs is 1. The first-order valence-electron chi connectivity index (χ1n) is 9.08. The van der Waals surface area contributed by atoms with Crippen LogP contribution in [0.4, 0.5) is 0 Å². The zero-order chi connectivity index (χ0) is 15.9. The summed E-state index contributed by atoms with van der Waals surface area (Å²) in [5.74, 6) is 1.68. The van der Waals surface area contributed by atoms with Crippen molar-refractivity contribution < 1.29 is 9.52 Å². The third-order valence-corrected chi connectivity index (χ3v) is 5.94. The van der Waals surface area contributed by atoms with Gasteiger partial charge in [0.1, 0.15) is 5.76 Å². The molecule has 1 aromatic carbocycles. The fraction of sp³-hybridized carbons (Fsp3) is 0.600. The average Bonchev–Trinajstić information content (AvgIpc) is 2.99. The van der Waals surface area contributed by atoms with Crippen molar-refractivity contribution in [2.24, 2.45) is 0 Å². The molecule has 0 radical (unpaired) electrons. The third kappa shape index (κ3) is 2.81. The van der Waals surface area contributed by atoms with Crippen molar-refractivity contribution in [1.29, 1.82) is 0 Å². The van der Waals surface area contributed by atoms with Gasteiger partial charge in [-0.2, -0.15) is 0 Å². The number of piperidine rings is 1. The van der Waals surface area contributed by atoms with Crippen LogP contribution in [0.5, 0.6) is 0 Å². The molecular formula is C20H27NO2. The van der Waals surface area contributed by atoms with Gasteiger partial charge in [-0.05, 0) is 57.5 Å². The Hall–Kier alpha value is -1.32. The van der Waals surface area contributed by atoms with E-state index in [1.807, 2.05) is 6.26 Å². The number of hydrogen-bond acceptors (Lipinski definition) is 3. The maximum atomic E-state index is 11.0. The van der Waals surface area contributed by atoms with Gasteiger partial charge in [0.15, 0.2) is 0 Å². The van der Waals surface area contributed by atoms with E-state index in [-0.39, 0.29) is 0 Å². The Labute approximate surface area is 138 Å². The monoisotopic (exact) mass is 313 g/mol. The molecule has 3 heteroatoms. The fourth-order valence-corrected chi connectivity index (χ4v) is 4.38. The predicted molar refractivity (Wildman–Crippen MR) is 92.7 cm³/mol. The Kier molecular flexibility index (Phi) is 3.94. The van der Waals surface area contributed by atoms with Crippen LogP contribution < -0.4 is 0 Å². The molecule has 2 heterocycles. The lowest BCUT2D eigenvalue weighted by Gasteiger charge is -2.32. The number of aliphatic hydroxyl groups is 1. The van der Waals surface area contributed by atoms with Crippen LogP contribution >= 0.6 is 0 Å². The third-order valence-electron chi connectivity index (χ3n) is 5.94. The molecule has 1 N–H and O–H groups in total. The maximum absolute atomic E-state index is 11.0. The summed E-state index contributed by atoms with van der Waals surface area (Å²) in [7, 11) is 2.19. The highest BCUT2D eigenvalue weighted by atomic mass is 16.3. The molecule has 1 saturated carbocycles. The molecule has 0 bridgehead atoms. The van der Waals surface area contributed by atoms with Gasteiger partial charge in [0.25, 0.3) is 0 Å². The Bertz CT molecular complexity index is 676. The van der Waals surface area contributed by atoms with Crippen molar-refractivity contribution in [2.45, 2.75) is 56.5 Å². The Morgan fingerprint density at radius 2 is 1.87 bits per heavy atom. The van der Waals surface area contributed by atoms with E-state index in [9.17, 15) is 5.11 Å². The Morgan fingerprint density at radius 3 is 2.61 bits per heavy atom. The van der Waals surface area contributed by atoms with Gasteiger partial charge in [-0.1, -0.05) is 31.4 Å². The lowest BCUT2D eigenvalue weighted by molar-refractivity contribution is -0.000507. The summed E-state index contributed by atoms with van der Waals surface area (Å²) >= 11 is 0. The Morgan fingerprint density at radius 1 is 1.13 bits per heavy atom. The molecule has 0 amide bonds. The van der Waals surface area contributed by atoms with Gasteiger partial charge in [0, 0.05) is 16.7 Å². The highest BCUT2D eigenvalue weighted by Gasteiger charge is 2.31. The van der Waals surface area contributed by atoms with Gasteiger partial charge >= 0.3 is 0 Å². The number of hydrogen-bond donors (Lipinski definition) is 1. The second-order valence-electron chi connectivity index (χ2n) is 7.57. The van der Waals surface area contributed by atoms with E-state index in [2.05, 4.69) is 30.1 Å². The summed E-state index contributed by atoms with van der Waals surface area (Å²) in [6, 6.07) is 6.46. The molecule has 0 spiro atoms. The largest absolute Gasteiger partial charge is 0.468 e. The summed E-state index contributed by atoms with van der Waals surface area (Å²) in [6.45, 7) is 2.29. The number of nitrogens with zero attached hydrogens (tertiary/aromatic N) is 1. The maximum Gasteiger partial charge on any atom is 0.114 e. The van der Waals surface area contributed by atoms with Crippen molar-refractivity contribution in [2.75, 3.05) is 20.1 Å². The lowest BCUT2D eigenvalue weighted by atomic mass is 9.79. The zero-order valence-corrected chi connectivity index (χ0v) is 14.1. The van der Waals surface area contributed by atoms with Crippen molar-refractivity contribution in [1.82, 2.24) is 4.90 Å². The van der Waals surface area contributed by atoms with Crippen LogP contribution in [0.1, 0.15) is 62.2 Å². The van der Waals surface area contributed by atoms with E-state index in [1.165, 1.54) is 24.6 Å². The van der Waals surface area contributed by atoms with Crippen LogP contribution in [-0.4, -0.2) is 30.1 Å². The minimum absolute atomic E-state index is 0.535. The molecule has 1 saturated heterocycles. The molecule has 2 aliphatic rings. The zero-order valence-electron chi connectivity index (χ0n) is 14.1. The van der Waals surface area contributed by atoms with Gasteiger partial charge in [-0.15, -0.1) is 0 Å². The minimum atomic E-state index is -0.628. The fourth-order valence-electron chi connectivity index (χ4n) is 4.38. The number of benzene rings is 1. The SMILES string of the molecule is CN1CCC(c2occ3cc(C4(O)CCCCC4)ccc23)CC1. The molecule has 124 valence electrons. The first-order chi connectivity index (χ1) is 11.2. The predicted octanol–water partition coefficient (Wildman–Crippen LogP) is 4.39. The van der Waals surface area contributed by atoms with Gasteiger partial charge < -0.3 is 14.4 Å². The number of likely N-dealkylation sites (tertiary alicyclic amines) is 1. The molecule has 23 heavy (non-hydrogen) atoms. The first kappa shape index (κ1) is 15.2. The van der Waals surface area contributed by atoms with Crippen LogP contribution in [0, 0.1) is 0 Å². The minimum Gasteiger partial charge on any atom is -0.468 e. The molecule has 0 unspecified atom stereocenters. The van der Waals surface area contributed by atoms with Gasteiger partial charge in [0.2, 0.25) is 0 Å². The van der Waals surface area contributed by atoms with E-state index < -0.39 is 5.60 Å². The Balaban J connectivity index is 1.64. The van der Waals surface area contributed by atoms with E-state index >= 15 is 0 Å². The molecule has 4 rings (SSSR count). The normalized spacial score (nSPS) is 23.4. The highest BCUT2D eigenvalue weighted by Crippen LogP contribution is 2.40. The summed E-state index contributed by atoms with van der Waals surface area (Å²) in [5.41, 5.74) is 0.442. The highest BCUT2D eigenvalue weighted by molar-refractivity contribution is 5.85. The molecular weight excluding hydrogens is 286 g/mol. The van der Waals surface area contributed by atoms with Crippen LogP contribution in [0.3, 0.4) is 0 Å². The van der Waals surface area contributed by atoms with E-state index in [4.69, 9.17) is 4.42 Å². The topological polar surface area (TPSA) is 36.6 Å². The van der Waals surface area contributed by atoms with Crippen LogP contribution in [0.2, 0.25) is 0 Å². The second kappa shape index (κ2) is 5.95. The second-order valence-corrected chi connectivity index (χ2v) is 7.57. The van der Waals surface area contributed by atoms with E-state index in [1.54, 1.807) is 0 Å². The molecule has 2 fully saturated rings. The number of rotatable bonds is 2. The van der Waals surface area contributed by atoms with Crippen LogP contribution in [0.25, 0.3) is 10.8 Å². The summed E-state index contributed by atoms with van der Waals surface area (Å²) in [6.07, 6.45) is 9.50. The van der Waals surface area contributed by atoms with Crippen molar-refractivity contribution in [3.05, 3.63) is 35.8 Å².